The second-order valence-electron chi connectivity index (χ2n) is 15.5. The molecule has 4 heterocycles. The highest BCUT2D eigenvalue weighted by molar-refractivity contribution is 7.24. The molecule has 2 aliphatic carbocycles. The fourth-order valence-corrected chi connectivity index (χ4v) is 12.0. The Labute approximate surface area is 385 Å². The van der Waals surface area contributed by atoms with Crippen LogP contribution in [0.15, 0.2) is 60.7 Å². The average Bonchev–Trinajstić information content (AvgIpc) is 4.08. The Morgan fingerprint density at radius 2 is 1.06 bits per heavy atom. The summed E-state index contributed by atoms with van der Waals surface area (Å²) in [5.74, 6) is -2.75. The van der Waals surface area contributed by atoms with Crippen molar-refractivity contribution >= 4 is 113 Å². The number of thiophene rings is 2. The van der Waals surface area contributed by atoms with Gasteiger partial charge in [0.15, 0.2) is 0 Å². The minimum Gasteiger partial charge on any atom is -0.481 e. The molecule has 0 saturated carbocycles. The highest BCUT2D eigenvalue weighted by Crippen LogP contribution is 2.44. The number of carbonyl (C=O) groups excluding carboxylic acids is 2. The van der Waals surface area contributed by atoms with Crippen molar-refractivity contribution in [1.29, 1.82) is 0 Å². The lowest BCUT2D eigenvalue weighted by atomic mass is 9.80. The molecule has 6 N–H and O–H groups in total. The number of hydrogen-bond donors (Lipinski definition) is 6. The molecular weight excluding hydrogens is 918 g/mol. The first-order valence-corrected chi connectivity index (χ1v) is 23.0. The fraction of sp³-hybridized carbons (Fsp3) is 0.364. The predicted molar refractivity (Wildman–Crippen MR) is 245 cm³/mol. The van der Waals surface area contributed by atoms with E-state index in [1.807, 2.05) is 48.5 Å². The van der Waals surface area contributed by atoms with Crippen LogP contribution < -0.4 is 10.6 Å². The number of H-pyrrole nitrogens is 2. The van der Waals surface area contributed by atoms with Gasteiger partial charge in [0.25, 0.3) is 11.8 Å². The van der Waals surface area contributed by atoms with Crippen molar-refractivity contribution in [2.24, 2.45) is 11.8 Å². The van der Waals surface area contributed by atoms with Crippen LogP contribution in [0.5, 0.6) is 0 Å². The number of carboxylic acids is 2. The van der Waals surface area contributed by atoms with Crippen LogP contribution in [0.3, 0.4) is 0 Å². The minimum atomic E-state index is -0.855. The third-order valence-electron chi connectivity index (χ3n) is 11.7. The summed E-state index contributed by atoms with van der Waals surface area (Å²) in [6.45, 7) is 0.924. The Morgan fingerprint density at radius 1 is 0.677 bits per heavy atom. The number of fused-ring (bicyclic) bond motifs is 4. The molecular formula is C44H44Cl4N4O8S2. The molecule has 0 aliphatic heterocycles. The third-order valence-corrected chi connectivity index (χ3v) is 15.6. The molecule has 0 radical (unpaired) electrons. The summed E-state index contributed by atoms with van der Waals surface area (Å²) in [6.07, 6.45) is 2.53. The molecule has 0 saturated heterocycles. The lowest BCUT2D eigenvalue weighted by Gasteiger charge is -2.29. The Bertz CT molecular complexity index is 2430. The number of carbonyl (C=O) groups is 4. The van der Waals surface area contributed by atoms with Crippen LogP contribution in [-0.4, -0.2) is 83.5 Å². The molecule has 6 atom stereocenters. The van der Waals surface area contributed by atoms with E-state index in [-0.39, 0.29) is 60.4 Å². The molecule has 6 aromatic rings. The van der Waals surface area contributed by atoms with Gasteiger partial charge in [-0.3, -0.25) is 19.2 Å². The standard InChI is InChI=1S/2C22H22Cl2N2O4S/c2*1-30-7-6-12(9-17(27)28)18-13-5-3-2-4-11(13)8-14(18)26-22(29)15-10-16-20(25-15)19(23)21(24)31-16/h2*2-5,10,12,14,18,25H,6-9H2,1H3,(H,26,29)(H,27,28)/t2*12?,14-,18-/m11/s1. The molecule has 0 bridgehead atoms. The summed E-state index contributed by atoms with van der Waals surface area (Å²) < 4.78 is 13.0. The summed E-state index contributed by atoms with van der Waals surface area (Å²) in [5, 5.41) is 26.1. The molecule has 2 aromatic carbocycles. The van der Waals surface area contributed by atoms with Gasteiger partial charge in [0.2, 0.25) is 0 Å². The van der Waals surface area contributed by atoms with Crippen molar-refractivity contribution in [2.45, 2.75) is 62.4 Å². The van der Waals surface area contributed by atoms with E-state index in [1.165, 1.54) is 22.7 Å². The molecule has 62 heavy (non-hydrogen) atoms. The van der Waals surface area contributed by atoms with Gasteiger partial charge >= 0.3 is 11.9 Å². The second kappa shape index (κ2) is 20.2. The lowest BCUT2D eigenvalue weighted by Crippen LogP contribution is -2.41. The molecule has 0 fully saturated rings. The molecule has 2 unspecified atom stereocenters. The molecule has 12 nitrogen and oxygen atoms in total. The zero-order valence-corrected chi connectivity index (χ0v) is 38.2. The maximum absolute atomic E-state index is 13.1. The topological polar surface area (TPSA) is 183 Å². The lowest BCUT2D eigenvalue weighted by molar-refractivity contribution is -0.139. The number of amides is 2. The predicted octanol–water partition coefficient (Wildman–Crippen LogP) is 10.2. The van der Waals surface area contributed by atoms with Crippen molar-refractivity contribution in [3.05, 3.63) is 113 Å². The van der Waals surface area contributed by atoms with Crippen LogP contribution in [0, 0.1) is 11.8 Å². The number of nitrogens with one attached hydrogen (secondary N) is 4. The highest BCUT2D eigenvalue weighted by Gasteiger charge is 2.41. The molecule has 328 valence electrons. The van der Waals surface area contributed by atoms with Crippen LogP contribution >= 0.6 is 69.1 Å². The molecule has 2 aliphatic rings. The summed E-state index contributed by atoms with van der Waals surface area (Å²) in [6, 6.07) is 19.0. The Hall–Kier alpha value is -4.12. The average molecular weight is 963 g/mol. The van der Waals surface area contributed by atoms with E-state index in [9.17, 15) is 29.4 Å². The number of methoxy groups -OCH3 is 2. The number of aromatic amines is 2. The summed E-state index contributed by atoms with van der Waals surface area (Å²) >= 11 is 27.1. The Balaban J connectivity index is 0.000000186. The van der Waals surface area contributed by atoms with E-state index >= 15 is 0 Å². The number of halogens is 4. The van der Waals surface area contributed by atoms with E-state index < -0.39 is 11.9 Å². The van der Waals surface area contributed by atoms with Crippen molar-refractivity contribution in [2.75, 3.05) is 27.4 Å². The van der Waals surface area contributed by atoms with E-state index in [0.29, 0.717) is 80.0 Å². The van der Waals surface area contributed by atoms with Gasteiger partial charge in [0, 0.05) is 64.2 Å². The van der Waals surface area contributed by atoms with Gasteiger partial charge in [0.1, 0.15) is 20.1 Å². The first-order valence-electron chi connectivity index (χ1n) is 19.9. The van der Waals surface area contributed by atoms with Crippen LogP contribution in [-0.2, 0) is 31.9 Å². The molecule has 4 aromatic heterocycles. The first kappa shape index (κ1) is 45.9. The number of aromatic nitrogens is 2. The Morgan fingerprint density at radius 3 is 1.42 bits per heavy atom. The van der Waals surface area contributed by atoms with Crippen molar-refractivity contribution in [1.82, 2.24) is 20.6 Å². The van der Waals surface area contributed by atoms with Crippen molar-refractivity contribution in [3.8, 4) is 0 Å². The number of aliphatic carboxylic acids is 2. The van der Waals surface area contributed by atoms with Gasteiger partial charge in [0.05, 0.1) is 30.5 Å². The van der Waals surface area contributed by atoms with Gasteiger partial charge in [-0.1, -0.05) is 94.9 Å². The zero-order chi connectivity index (χ0) is 44.2. The maximum atomic E-state index is 13.1. The first-order chi connectivity index (χ1) is 29.8. The molecule has 18 heteroatoms. The summed E-state index contributed by atoms with van der Waals surface area (Å²) in [5.41, 5.74) is 6.56. The molecule has 8 rings (SSSR count). The van der Waals surface area contributed by atoms with E-state index in [2.05, 4.69) is 20.6 Å². The van der Waals surface area contributed by atoms with Crippen LogP contribution in [0.25, 0.3) is 20.4 Å². The highest BCUT2D eigenvalue weighted by atomic mass is 35.5. The Kier molecular flexibility index (Phi) is 14.9. The van der Waals surface area contributed by atoms with E-state index in [4.69, 9.17) is 55.9 Å². The maximum Gasteiger partial charge on any atom is 0.303 e. The van der Waals surface area contributed by atoms with Gasteiger partial charge in [-0.25, -0.2) is 0 Å². The SMILES string of the molecule is COCCC(CC(=O)O)[C@@H]1c2ccccc2C[C@H]1NC(=O)c1cc2sc(Cl)c(Cl)c2[nH]1.COCCC(CC(=O)O)[C@@H]1c2ccccc2C[C@H]1NC(=O)c1cc2sc(Cl)c(Cl)c2[nH]1. The largest absolute Gasteiger partial charge is 0.481 e. The number of carboxylic acid groups (broad SMARTS) is 2. The van der Waals surface area contributed by atoms with E-state index in [1.54, 1.807) is 26.4 Å². The van der Waals surface area contributed by atoms with Gasteiger partial charge in [-0.15, -0.1) is 22.7 Å². The normalized spacial score (nSPS) is 18.8. The van der Waals surface area contributed by atoms with Gasteiger partial charge in [-0.05, 0) is 71.9 Å². The molecule has 0 spiro atoms. The van der Waals surface area contributed by atoms with Crippen molar-refractivity contribution < 1.29 is 38.9 Å². The third kappa shape index (κ3) is 9.98. The van der Waals surface area contributed by atoms with Crippen molar-refractivity contribution in [3.63, 3.8) is 0 Å². The van der Waals surface area contributed by atoms with Gasteiger partial charge < -0.3 is 40.3 Å². The smallest absolute Gasteiger partial charge is 0.303 e. The number of ether oxygens (including phenoxy) is 2. The number of hydrogen-bond acceptors (Lipinski definition) is 8. The summed E-state index contributed by atoms with van der Waals surface area (Å²) in [4.78, 5) is 55.4. The zero-order valence-electron chi connectivity index (χ0n) is 33.6. The second-order valence-corrected chi connectivity index (χ2v) is 19.6. The van der Waals surface area contributed by atoms with Crippen LogP contribution in [0.1, 0.15) is 80.7 Å². The quantitative estimate of drug-likeness (QED) is 0.0554. The van der Waals surface area contributed by atoms with E-state index in [0.717, 1.165) is 31.7 Å². The number of rotatable bonds is 16. The summed E-state index contributed by atoms with van der Waals surface area (Å²) in [7, 11) is 3.21. The van der Waals surface area contributed by atoms with Crippen LogP contribution in [0.4, 0.5) is 0 Å². The van der Waals surface area contributed by atoms with Gasteiger partial charge in [-0.2, -0.15) is 0 Å². The van der Waals surface area contributed by atoms with Crippen LogP contribution in [0.2, 0.25) is 18.7 Å². The number of benzene rings is 2. The monoisotopic (exact) mass is 960 g/mol. The minimum absolute atomic E-state index is 0.0150. The fourth-order valence-electron chi connectivity index (χ4n) is 9.08. The molecule has 2 amide bonds.